The van der Waals surface area contributed by atoms with E-state index in [0.717, 1.165) is 21.3 Å². The van der Waals surface area contributed by atoms with Gasteiger partial charge in [0.25, 0.3) is 5.56 Å². The smallest absolute Gasteiger partial charge is 0.333 e. The Labute approximate surface area is 367 Å². The number of fused-ring (bicyclic) bond motifs is 1. The highest BCUT2D eigenvalue weighted by molar-refractivity contribution is 6.30. The number of rotatable bonds is 15. The number of aliphatic hydroxyl groups is 1. The van der Waals surface area contributed by atoms with E-state index in [0.29, 0.717) is 24.4 Å². The lowest BCUT2D eigenvalue weighted by Gasteiger charge is -2.36. The van der Waals surface area contributed by atoms with Crippen LogP contribution in [0.25, 0.3) is 0 Å². The van der Waals surface area contributed by atoms with Crippen molar-refractivity contribution in [3.05, 3.63) is 169 Å². The Hall–Kier alpha value is -5.08. The second-order valence-electron chi connectivity index (χ2n) is 16.9. The number of carbonyl (C=O) groups is 1. The molecule has 2 aliphatic rings. The highest BCUT2D eigenvalue weighted by atomic mass is 35.5. The fraction of sp³-hybridized carbons (Fsp3) is 0.408. The van der Waals surface area contributed by atoms with Crippen LogP contribution in [0.3, 0.4) is 0 Å². The van der Waals surface area contributed by atoms with Crippen molar-refractivity contribution in [1.29, 1.82) is 0 Å². The summed E-state index contributed by atoms with van der Waals surface area (Å²) in [6, 6.07) is 30.0. The SMILES string of the molecule is COc1ccc(Cn2c(=O)ccn([C@@H]3O[C@H]([C@@H](O)[C@@H](Cl)C(=O)OC(c4ccccc4)C(C)N(Cc4ccccc4C)Cc4c(C)cc(C)cc4C)[C@H]4OC(C)(C)O[C@H]43)c2=O)cc1. The number of esters is 1. The molecule has 0 aliphatic carbocycles. The minimum Gasteiger partial charge on any atom is -0.497 e. The van der Waals surface area contributed by atoms with Crippen molar-refractivity contribution < 1.29 is 33.6 Å². The maximum atomic E-state index is 14.3. The lowest BCUT2D eigenvalue weighted by molar-refractivity contribution is -0.208. The Kier molecular flexibility index (Phi) is 13.6. The molecular weight excluding hydrogens is 810 g/mol. The van der Waals surface area contributed by atoms with Gasteiger partial charge in [-0.25, -0.2) is 4.79 Å². The summed E-state index contributed by atoms with van der Waals surface area (Å²) < 4.78 is 32.8. The third-order valence-corrected chi connectivity index (χ3v) is 12.5. The van der Waals surface area contributed by atoms with Gasteiger partial charge in [0.2, 0.25) is 0 Å². The summed E-state index contributed by atoms with van der Waals surface area (Å²) in [6.07, 6.45) is -5.34. The number of halogens is 1. The van der Waals surface area contributed by atoms with E-state index in [1.807, 2.05) is 49.4 Å². The highest BCUT2D eigenvalue weighted by Crippen LogP contribution is 2.44. The summed E-state index contributed by atoms with van der Waals surface area (Å²) in [4.78, 5) is 43.7. The maximum Gasteiger partial charge on any atom is 0.333 e. The molecule has 0 radical (unpaired) electrons. The normalized spacial score (nSPS) is 21.3. The van der Waals surface area contributed by atoms with Crippen molar-refractivity contribution in [2.24, 2.45) is 0 Å². The summed E-state index contributed by atoms with van der Waals surface area (Å²) in [5, 5.41) is 10.3. The first-order valence-corrected chi connectivity index (χ1v) is 21.4. The highest BCUT2D eigenvalue weighted by Gasteiger charge is 2.59. The van der Waals surface area contributed by atoms with E-state index in [2.05, 4.69) is 56.9 Å². The molecule has 13 heteroatoms. The zero-order valence-corrected chi connectivity index (χ0v) is 37.2. The van der Waals surface area contributed by atoms with Gasteiger partial charge < -0.3 is 28.8 Å². The van der Waals surface area contributed by atoms with Crippen LogP contribution in [0.1, 0.15) is 77.6 Å². The number of aromatic nitrogens is 2. The van der Waals surface area contributed by atoms with Crippen LogP contribution < -0.4 is 16.0 Å². The quantitative estimate of drug-likeness (QED) is 0.0863. The van der Waals surface area contributed by atoms with E-state index in [1.165, 1.54) is 39.1 Å². The predicted molar refractivity (Wildman–Crippen MR) is 236 cm³/mol. The number of benzene rings is 4. The van der Waals surface area contributed by atoms with Crippen molar-refractivity contribution >= 4 is 17.6 Å². The molecule has 5 aromatic rings. The standard InChI is InChI=1S/C49H56ClN3O9/c1-29-24-31(3)38(32(4)25-29)28-51(27-36-17-13-12-14-30(36)2)33(5)42(35-15-10-9-11-16-35)60-47(56)40(50)41(55)43-44-45(62-49(6,7)61-44)46(59-43)52-23-22-39(54)53(48(52)57)26-34-18-20-37(58-8)21-19-34/h9-25,33,40-46,55H,26-28H2,1-8H3/t33?,40-,41+,42?,43-,44-,45-,46-/m1/s1. The fourth-order valence-electron chi connectivity index (χ4n) is 8.68. The van der Waals surface area contributed by atoms with E-state index in [-0.39, 0.29) is 12.6 Å². The average molecular weight is 866 g/mol. The molecule has 7 rings (SSSR count). The molecule has 12 nitrogen and oxygen atoms in total. The van der Waals surface area contributed by atoms with E-state index in [4.69, 9.17) is 35.3 Å². The van der Waals surface area contributed by atoms with Crippen molar-refractivity contribution in [1.82, 2.24) is 14.0 Å². The van der Waals surface area contributed by atoms with Crippen LogP contribution in [0.2, 0.25) is 0 Å². The number of alkyl halides is 1. The van der Waals surface area contributed by atoms with Crippen LogP contribution in [0.15, 0.2) is 113 Å². The Morgan fingerprint density at radius 2 is 1.52 bits per heavy atom. The molecule has 2 unspecified atom stereocenters. The third-order valence-electron chi connectivity index (χ3n) is 12.0. The van der Waals surface area contributed by atoms with Crippen LogP contribution >= 0.6 is 11.6 Å². The number of carbonyl (C=O) groups excluding carboxylic acids is 1. The Morgan fingerprint density at radius 1 is 0.871 bits per heavy atom. The largest absolute Gasteiger partial charge is 0.497 e. The fourth-order valence-corrected chi connectivity index (χ4v) is 8.87. The lowest BCUT2D eigenvalue weighted by atomic mass is 9.96. The molecule has 3 heterocycles. The van der Waals surface area contributed by atoms with Crippen molar-refractivity contribution in [2.45, 2.75) is 122 Å². The number of methoxy groups -OCH3 is 1. The molecule has 2 aliphatic heterocycles. The monoisotopic (exact) mass is 865 g/mol. The lowest BCUT2D eigenvalue weighted by Crippen LogP contribution is -2.47. The van der Waals surface area contributed by atoms with Crippen molar-refractivity contribution in [2.75, 3.05) is 7.11 Å². The first kappa shape index (κ1) is 45.0. The molecule has 1 aromatic heterocycles. The van der Waals surface area contributed by atoms with Crippen LogP contribution in [-0.2, 0) is 43.4 Å². The van der Waals surface area contributed by atoms with Gasteiger partial charge in [-0.2, -0.15) is 0 Å². The molecule has 328 valence electrons. The summed E-state index contributed by atoms with van der Waals surface area (Å²) in [6.45, 7) is 15.0. The maximum absolute atomic E-state index is 14.3. The van der Waals surface area contributed by atoms with Crippen LogP contribution in [0.4, 0.5) is 0 Å². The van der Waals surface area contributed by atoms with Gasteiger partial charge in [-0.15, -0.1) is 11.6 Å². The van der Waals surface area contributed by atoms with Gasteiger partial charge in [-0.05, 0) is 99.5 Å². The number of aryl methyl sites for hydroxylation is 4. The van der Waals surface area contributed by atoms with Gasteiger partial charge >= 0.3 is 11.7 Å². The van der Waals surface area contributed by atoms with Gasteiger partial charge in [-0.1, -0.05) is 84.4 Å². The van der Waals surface area contributed by atoms with E-state index in [1.54, 1.807) is 45.2 Å². The van der Waals surface area contributed by atoms with E-state index in [9.17, 15) is 19.5 Å². The first-order chi connectivity index (χ1) is 29.5. The molecule has 62 heavy (non-hydrogen) atoms. The van der Waals surface area contributed by atoms with Gasteiger partial charge in [0, 0.05) is 31.4 Å². The minimum absolute atomic E-state index is 0.0125. The average Bonchev–Trinajstić information content (AvgIpc) is 3.75. The molecule has 8 atom stereocenters. The number of ether oxygens (including phenoxy) is 5. The number of hydrogen-bond acceptors (Lipinski definition) is 10. The van der Waals surface area contributed by atoms with Gasteiger partial charge in [-0.3, -0.25) is 23.6 Å². The first-order valence-electron chi connectivity index (χ1n) is 20.9. The van der Waals surface area contributed by atoms with Gasteiger partial charge in [0.05, 0.1) is 13.7 Å². The topological polar surface area (TPSA) is 131 Å². The molecule has 2 saturated heterocycles. The Morgan fingerprint density at radius 3 is 2.18 bits per heavy atom. The Bertz CT molecular complexity index is 2460. The minimum atomic E-state index is -1.66. The van der Waals surface area contributed by atoms with Crippen LogP contribution in [-0.4, -0.2) is 73.8 Å². The zero-order chi connectivity index (χ0) is 44.5. The van der Waals surface area contributed by atoms with Gasteiger partial charge in [0.1, 0.15) is 36.3 Å². The van der Waals surface area contributed by atoms with Gasteiger partial charge in [0.15, 0.2) is 17.4 Å². The van der Waals surface area contributed by atoms with Crippen molar-refractivity contribution in [3.63, 3.8) is 0 Å². The molecule has 4 aromatic carbocycles. The zero-order valence-electron chi connectivity index (χ0n) is 36.5. The molecule has 0 saturated carbocycles. The summed E-state index contributed by atoms with van der Waals surface area (Å²) in [5.74, 6) is -1.36. The molecule has 2 fully saturated rings. The number of nitrogens with zero attached hydrogens (tertiary/aromatic N) is 3. The predicted octanol–water partition coefficient (Wildman–Crippen LogP) is 7.06. The summed E-state index contributed by atoms with van der Waals surface area (Å²) in [5.41, 5.74) is 7.31. The van der Waals surface area contributed by atoms with E-state index >= 15 is 0 Å². The van der Waals surface area contributed by atoms with Crippen LogP contribution in [0.5, 0.6) is 5.75 Å². The summed E-state index contributed by atoms with van der Waals surface area (Å²) in [7, 11) is 1.55. The Balaban J connectivity index is 1.16. The third kappa shape index (κ3) is 9.61. The van der Waals surface area contributed by atoms with Crippen molar-refractivity contribution in [3.8, 4) is 5.75 Å². The van der Waals surface area contributed by atoms with E-state index < -0.39 is 65.1 Å². The molecule has 1 N–H and O–H groups in total. The number of aliphatic hydroxyl groups excluding tert-OH is 1. The second-order valence-corrected chi connectivity index (χ2v) is 17.4. The molecule has 0 spiro atoms. The molecule has 0 amide bonds. The second kappa shape index (κ2) is 18.7. The number of hydrogen-bond donors (Lipinski definition) is 1. The molecule has 0 bridgehead atoms. The van der Waals surface area contributed by atoms with Crippen LogP contribution in [0, 0.1) is 27.7 Å². The molecular formula is C49H56ClN3O9. The summed E-state index contributed by atoms with van der Waals surface area (Å²) >= 11 is 6.92.